The van der Waals surface area contributed by atoms with E-state index in [2.05, 4.69) is 20.0 Å². The minimum Gasteiger partial charge on any atom is -0.438 e. The van der Waals surface area contributed by atoms with Gasteiger partial charge in [-0.25, -0.2) is 13.1 Å². The van der Waals surface area contributed by atoms with Gasteiger partial charge in [0, 0.05) is 30.9 Å². The molecule has 2 aromatic carbocycles. The second kappa shape index (κ2) is 8.45. The van der Waals surface area contributed by atoms with E-state index < -0.39 is 10.0 Å². The largest absolute Gasteiger partial charge is 0.438 e. The van der Waals surface area contributed by atoms with E-state index in [0.29, 0.717) is 48.9 Å². The van der Waals surface area contributed by atoms with Gasteiger partial charge in [0.15, 0.2) is 5.82 Å². The van der Waals surface area contributed by atoms with Crippen LogP contribution < -0.4 is 14.4 Å². The third kappa shape index (κ3) is 4.07. The van der Waals surface area contributed by atoms with Crippen LogP contribution in [0.4, 0.5) is 11.4 Å². The van der Waals surface area contributed by atoms with Crippen LogP contribution in [-0.2, 0) is 27.7 Å². The van der Waals surface area contributed by atoms with Gasteiger partial charge < -0.3 is 9.64 Å². The maximum absolute atomic E-state index is 13.1. The summed E-state index contributed by atoms with van der Waals surface area (Å²) in [4.78, 5) is 14.1. The molecular weight excluding hydrogens is 480 g/mol. The molecule has 1 amide bonds. The summed E-state index contributed by atoms with van der Waals surface area (Å²) in [6.45, 7) is 2.50. The van der Waals surface area contributed by atoms with Gasteiger partial charge in [0.05, 0.1) is 16.3 Å². The van der Waals surface area contributed by atoms with Crippen molar-refractivity contribution < 1.29 is 17.9 Å². The number of ether oxygens (including phenoxy) is 1. The van der Waals surface area contributed by atoms with E-state index in [4.69, 9.17) is 4.74 Å². The highest BCUT2D eigenvalue weighted by atomic mass is 32.2. The lowest BCUT2D eigenvalue weighted by atomic mass is 10.00. The van der Waals surface area contributed by atoms with Crippen LogP contribution in [0.15, 0.2) is 65.7 Å². The minimum absolute atomic E-state index is 0.104. The van der Waals surface area contributed by atoms with Crippen LogP contribution >= 0.6 is 0 Å². The maximum Gasteiger partial charge on any atom is 0.261 e. The van der Waals surface area contributed by atoms with Gasteiger partial charge >= 0.3 is 0 Å². The van der Waals surface area contributed by atoms with Crippen molar-refractivity contribution in [3.63, 3.8) is 0 Å². The van der Waals surface area contributed by atoms with Crippen molar-refractivity contribution in [2.45, 2.75) is 31.1 Å². The monoisotopic (exact) mass is 502 g/mol. The van der Waals surface area contributed by atoms with Gasteiger partial charge in [-0.1, -0.05) is 0 Å². The Kier molecular flexibility index (Phi) is 5.22. The molecule has 36 heavy (non-hydrogen) atoms. The number of amides is 1. The Morgan fingerprint density at radius 1 is 0.944 bits per heavy atom. The van der Waals surface area contributed by atoms with Crippen LogP contribution in [0.1, 0.15) is 23.2 Å². The number of nitrogens with zero attached hydrogens (tertiary/aromatic N) is 5. The quantitative estimate of drug-likeness (QED) is 0.429. The molecule has 2 aliphatic heterocycles. The molecule has 6 rings (SSSR count). The molecular formula is C25H22N6O4S. The number of benzene rings is 2. The normalized spacial score (nSPS) is 14.6. The highest BCUT2D eigenvalue weighted by Crippen LogP contribution is 2.38. The molecule has 1 N–H and O–H groups in total. The van der Waals surface area contributed by atoms with Gasteiger partial charge in [0.25, 0.3) is 10.0 Å². The zero-order valence-corrected chi connectivity index (χ0v) is 20.2. The van der Waals surface area contributed by atoms with Gasteiger partial charge in [0.1, 0.15) is 5.75 Å². The molecule has 0 saturated heterocycles. The fraction of sp³-hybridized carbons (Fsp3) is 0.200. The first kappa shape index (κ1) is 22.2. The van der Waals surface area contributed by atoms with Gasteiger partial charge in [-0.2, -0.15) is 5.10 Å². The molecule has 0 saturated carbocycles. The Balaban J connectivity index is 1.16. The molecule has 182 valence electrons. The predicted molar refractivity (Wildman–Crippen MR) is 132 cm³/mol. The zero-order valence-electron chi connectivity index (χ0n) is 19.4. The van der Waals surface area contributed by atoms with E-state index in [1.165, 1.54) is 0 Å². The molecule has 2 aliphatic rings. The molecule has 0 bridgehead atoms. The average Bonchev–Trinajstić information content (AvgIpc) is 3.50. The molecule has 0 atom stereocenters. The maximum atomic E-state index is 13.1. The summed E-state index contributed by atoms with van der Waals surface area (Å²) >= 11 is 0. The van der Waals surface area contributed by atoms with E-state index in [0.717, 1.165) is 22.5 Å². The molecule has 0 aliphatic carbocycles. The van der Waals surface area contributed by atoms with Gasteiger partial charge in [-0.3, -0.25) is 9.52 Å². The number of aryl methyl sites for hydroxylation is 2. The summed E-state index contributed by atoms with van der Waals surface area (Å²) < 4.78 is 36.2. The number of sulfonamides is 1. The Bertz CT molecular complexity index is 1580. The van der Waals surface area contributed by atoms with Crippen LogP contribution in [0.25, 0.3) is 5.82 Å². The van der Waals surface area contributed by atoms with E-state index in [-0.39, 0.29) is 10.8 Å². The molecule has 2 aromatic heterocycles. The van der Waals surface area contributed by atoms with Crippen LogP contribution in [-0.4, -0.2) is 40.8 Å². The number of hydrogen-bond acceptors (Lipinski definition) is 7. The molecule has 0 unspecified atom stereocenters. The van der Waals surface area contributed by atoms with Crippen molar-refractivity contribution in [1.82, 2.24) is 20.0 Å². The number of anilines is 2. The Morgan fingerprint density at radius 2 is 1.72 bits per heavy atom. The summed E-state index contributed by atoms with van der Waals surface area (Å²) in [7, 11) is -3.80. The van der Waals surface area contributed by atoms with Crippen LogP contribution in [0.2, 0.25) is 0 Å². The second-order valence-electron chi connectivity index (χ2n) is 8.75. The molecule has 4 aromatic rings. The lowest BCUT2D eigenvalue weighted by Gasteiger charge is -2.25. The minimum atomic E-state index is -3.80. The van der Waals surface area contributed by atoms with Crippen LogP contribution in [0.3, 0.4) is 0 Å². The number of carbonyl (C=O) groups excluding carboxylic acids is 1. The fourth-order valence-electron chi connectivity index (χ4n) is 4.54. The summed E-state index contributed by atoms with van der Waals surface area (Å²) in [6, 6.07) is 15.2. The summed E-state index contributed by atoms with van der Waals surface area (Å²) in [5.41, 5.74) is 3.98. The lowest BCUT2D eigenvalue weighted by molar-refractivity contribution is -0.118. The molecule has 0 fully saturated rings. The second-order valence-corrected chi connectivity index (χ2v) is 10.4. The van der Waals surface area contributed by atoms with Gasteiger partial charge in [-0.05, 0) is 79.4 Å². The van der Waals surface area contributed by atoms with Crippen LogP contribution in [0.5, 0.6) is 11.6 Å². The smallest absolute Gasteiger partial charge is 0.261 e. The zero-order chi connectivity index (χ0) is 24.9. The highest BCUT2D eigenvalue weighted by Gasteiger charge is 2.33. The first-order chi connectivity index (χ1) is 17.4. The SMILES string of the molecule is Cc1ccn(-c2ccc(Oc3ccc(NS(=O)(=O)c4cc5c6c(c4)CCN6C(=O)CC5)cc3)nn2)n1. The summed E-state index contributed by atoms with van der Waals surface area (Å²) in [5.74, 6) is 1.46. The first-order valence-corrected chi connectivity index (χ1v) is 13.0. The topological polar surface area (TPSA) is 119 Å². The van der Waals surface area contributed by atoms with Crippen molar-refractivity contribution >= 4 is 27.3 Å². The number of aromatic nitrogens is 4. The standard InChI is InChI=1S/C25H22N6O4S/c1-16-10-13-31(28-16)22-7-8-23(27-26-22)35-20-5-3-19(4-6-20)29-36(33,34)21-14-17-2-9-24(32)30-12-11-18(15-21)25(17)30/h3-8,10,13-15,29H,2,9,11-12H2,1H3. The van der Waals surface area contributed by atoms with Crippen molar-refractivity contribution in [3.05, 3.63) is 77.6 Å². The summed E-state index contributed by atoms with van der Waals surface area (Å²) in [6.07, 6.45) is 3.42. The fourth-order valence-corrected chi connectivity index (χ4v) is 5.70. The molecule has 4 heterocycles. The molecule has 0 radical (unpaired) electrons. The van der Waals surface area contributed by atoms with E-state index in [1.807, 2.05) is 13.0 Å². The molecule has 0 spiro atoms. The molecule has 10 nitrogen and oxygen atoms in total. The van der Waals surface area contributed by atoms with Crippen molar-refractivity contribution in [1.29, 1.82) is 0 Å². The first-order valence-electron chi connectivity index (χ1n) is 11.5. The van der Waals surface area contributed by atoms with Crippen molar-refractivity contribution in [2.75, 3.05) is 16.2 Å². The van der Waals surface area contributed by atoms with Gasteiger partial charge in [-0.15, -0.1) is 10.2 Å². The third-order valence-corrected chi connectivity index (χ3v) is 7.61. The Morgan fingerprint density at radius 3 is 2.42 bits per heavy atom. The van der Waals surface area contributed by atoms with Crippen molar-refractivity contribution in [2.24, 2.45) is 0 Å². The average molecular weight is 503 g/mol. The number of rotatable bonds is 6. The Labute approximate surface area is 207 Å². The predicted octanol–water partition coefficient (Wildman–Crippen LogP) is 3.40. The van der Waals surface area contributed by atoms with E-state index >= 15 is 0 Å². The third-order valence-electron chi connectivity index (χ3n) is 6.25. The number of carbonyl (C=O) groups is 1. The molecule has 11 heteroatoms. The summed E-state index contributed by atoms with van der Waals surface area (Å²) in [5, 5.41) is 12.5. The van der Waals surface area contributed by atoms with Crippen molar-refractivity contribution in [3.8, 4) is 17.4 Å². The van der Waals surface area contributed by atoms with Crippen LogP contribution in [0, 0.1) is 6.92 Å². The number of hydrogen-bond donors (Lipinski definition) is 1. The lowest BCUT2D eigenvalue weighted by Crippen LogP contribution is -2.33. The number of nitrogens with one attached hydrogen (secondary N) is 1. The van der Waals surface area contributed by atoms with Gasteiger partial charge in [0.2, 0.25) is 11.8 Å². The highest BCUT2D eigenvalue weighted by molar-refractivity contribution is 7.92. The Hall–Kier alpha value is -4.25. The van der Waals surface area contributed by atoms with E-state index in [1.54, 1.807) is 64.3 Å². The van der Waals surface area contributed by atoms with E-state index in [9.17, 15) is 13.2 Å².